The van der Waals surface area contributed by atoms with Gasteiger partial charge in [0.15, 0.2) is 5.43 Å². The number of hydrogen-bond donors (Lipinski definition) is 0. The number of furan rings is 1. The second-order valence-electron chi connectivity index (χ2n) is 5.72. The highest BCUT2D eigenvalue weighted by Gasteiger charge is 2.31. The number of benzene rings is 1. The zero-order chi connectivity index (χ0) is 19.1. The lowest BCUT2D eigenvalue weighted by Gasteiger charge is -2.15. The highest BCUT2D eigenvalue weighted by molar-refractivity contribution is 5.86. The van der Waals surface area contributed by atoms with Crippen LogP contribution in [0.5, 0.6) is 0 Å². The second-order valence-corrected chi connectivity index (χ2v) is 5.72. The van der Waals surface area contributed by atoms with E-state index < -0.39 is 17.7 Å². The molecule has 3 rings (SSSR count). The van der Waals surface area contributed by atoms with Crippen LogP contribution in [-0.4, -0.2) is 17.6 Å². The lowest BCUT2D eigenvalue weighted by atomic mass is 10.1. The Morgan fingerprint density at radius 1 is 1.19 bits per heavy atom. The quantitative estimate of drug-likeness (QED) is 0.663. The molecule has 0 saturated carbocycles. The van der Waals surface area contributed by atoms with E-state index in [1.807, 2.05) is 0 Å². The predicted molar refractivity (Wildman–Crippen MR) is 87.1 cm³/mol. The third kappa shape index (κ3) is 3.22. The highest BCUT2D eigenvalue weighted by Crippen LogP contribution is 2.31. The summed E-state index contributed by atoms with van der Waals surface area (Å²) in [5.41, 5.74) is -0.603. The number of aryl methyl sites for hydroxylation is 1. The van der Waals surface area contributed by atoms with Crippen molar-refractivity contribution < 1.29 is 27.1 Å². The monoisotopic (exact) mass is 365 g/mol. The molecule has 0 aliphatic carbocycles. The number of aromatic nitrogens is 1. The van der Waals surface area contributed by atoms with Crippen molar-refractivity contribution in [1.29, 1.82) is 0 Å². The molecule has 2 heterocycles. The molecule has 0 atom stereocenters. The Balaban J connectivity index is 2.13. The summed E-state index contributed by atoms with van der Waals surface area (Å²) < 4.78 is 50.6. The summed E-state index contributed by atoms with van der Waals surface area (Å²) in [5.74, 6) is -0.325. The zero-order valence-electron chi connectivity index (χ0n) is 13.9. The topological polar surface area (TPSA) is 61.4 Å². The number of hydrogen-bond acceptors (Lipinski definition) is 4. The van der Waals surface area contributed by atoms with E-state index in [9.17, 15) is 22.8 Å². The third-order valence-electron chi connectivity index (χ3n) is 4.01. The van der Waals surface area contributed by atoms with Crippen LogP contribution in [0.25, 0.3) is 10.9 Å². The minimum absolute atomic E-state index is 0.0125. The van der Waals surface area contributed by atoms with Gasteiger partial charge in [-0.1, -0.05) is 0 Å². The Kier molecular flexibility index (Phi) is 4.35. The fourth-order valence-electron chi connectivity index (χ4n) is 2.71. The van der Waals surface area contributed by atoms with Crippen LogP contribution >= 0.6 is 0 Å². The number of methoxy groups -OCH3 is 1. The number of rotatable bonds is 3. The summed E-state index contributed by atoms with van der Waals surface area (Å²) in [5, 5.41) is 0.170. The molecule has 2 aromatic heterocycles. The van der Waals surface area contributed by atoms with Crippen molar-refractivity contribution in [3.05, 3.63) is 69.4 Å². The minimum Gasteiger partial charge on any atom is -0.463 e. The van der Waals surface area contributed by atoms with Crippen molar-refractivity contribution in [2.24, 2.45) is 0 Å². The summed E-state index contributed by atoms with van der Waals surface area (Å²) in [7, 11) is 1.21. The van der Waals surface area contributed by atoms with E-state index in [1.165, 1.54) is 35.9 Å². The van der Waals surface area contributed by atoms with Crippen LogP contribution in [0.1, 0.15) is 27.6 Å². The minimum atomic E-state index is -4.53. The van der Waals surface area contributed by atoms with Crippen molar-refractivity contribution in [3.63, 3.8) is 0 Å². The standard InChI is InChI=1S/C18H14F3NO4/c1-10-7-15(23)13-5-3-11(18(19,20)21)8-14(13)22(10)9-12-4-6-16(26-12)17(24)25-2/h3-8H,9H2,1-2H3. The molecule has 0 fully saturated rings. The average Bonchev–Trinajstić information content (AvgIpc) is 3.05. The van der Waals surface area contributed by atoms with Gasteiger partial charge in [0.05, 0.1) is 24.7 Å². The van der Waals surface area contributed by atoms with Crippen molar-refractivity contribution >= 4 is 16.9 Å². The molecule has 0 bridgehead atoms. The van der Waals surface area contributed by atoms with Gasteiger partial charge < -0.3 is 13.7 Å². The molecule has 0 aliphatic heterocycles. The number of fused-ring (bicyclic) bond motifs is 1. The molecule has 3 aromatic rings. The van der Waals surface area contributed by atoms with E-state index in [0.29, 0.717) is 11.5 Å². The largest absolute Gasteiger partial charge is 0.463 e. The van der Waals surface area contributed by atoms with Gasteiger partial charge >= 0.3 is 12.1 Å². The summed E-state index contributed by atoms with van der Waals surface area (Å²) in [6.07, 6.45) is -4.53. The number of nitrogens with zero attached hydrogens (tertiary/aromatic N) is 1. The summed E-state index contributed by atoms with van der Waals surface area (Å²) in [6.45, 7) is 1.67. The average molecular weight is 365 g/mol. The maximum Gasteiger partial charge on any atom is 0.416 e. The highest BCUT2D eigenvalue weighted by atomic mass is 19.4. The lowest BCUT2D eigenvalue weighted by molar-refractivity contribution is -0.137. The zero-order valence-corrected chi connectivity index (χ0v) is 13.9. The Labute approximate surface area is 145 Å². The molecule has 136 valence electrons. The van der Waals surface area contributed by atoms with Crippen molar-refractivity contribution in [2.75, 3.05) is 7.11 Å². The van der Waals surface area contributed by atoms with Crippen LogP contribution in [0.3, 0.4) is 0 Å². The van der Waals surface area contributed by atoms with E-state index in [-0.39, 0.29) is 28.6 Å². The Morgan fingerprint density at radius 2 is 1.92 bits per heavy atom. The summed E-state index contributed by atoms with van der Waals surface area (Å²) in [6, 6.07) is 7.28. The van der Waals surface area contributed by atoms with E-state index in [4.69, 9.17) is 4.42 Å². The number of alkyl halides is 3. The van der Waals surface area contributed by atoms with Crippen molar-refractivity contribution in [3.8, 4) is 0 Å². The number of halogens is 3. The van der Waals surface area contributed by atoms with Gasteiger partial charge in [0.1, 0.15) is 5.76 Å². The molecule has 8 heteroatoms. The summed E-state index contributed by atoms with van der Waals surface area (Å²) in [4.78, 5) is 23.6. The van der Waals surface area contributed by atoms with Crippen LogP contribution < -0.4 is 5.43 Å². The molecule has 0 radical (unpaired) electrons. The van der Waals surface area contributed by atoms with Gasteiger partial charge in [0, 0.05) is 17.1 Å². The van der Waals surface area contributed by atoms with Crippen molar-refractivity contribution in [2.45, 2.75) is 19.6 Å². The fourth-order valence-corrected chi connectivity index (χ4v) is 2.71. The van der Waals surface area contributed by atoms with E-state index in [2.05, 4.69) is 4.74 Å². The fraction of sp³-hybridized carbons (Fsp3) is 0.222. The van der Waals surface area contributed by atoms with Gasteiger partial charge in [0.2, 0.25) is 5.76 Å². The molecule has 0 spiro atoms. The van der Waals surface area contributed by atoms with Gasteiger partial charge in [-0.2, -0.15) is 13.2 Å². The van der Waals surface area contributed by atoms with Gasteiger partial charge in [-0.25, -0.2) is 4.79 Å². The number of ether oxygens (including phenoxy) is 1. The van der Waals surface area contributed by atoms with Crippen molar-refractivity contribution in [1.82, 2.24) is 4.57 Å². The lowest BCUT2D eigenvalue weighted by Crippen LogP contribution is -2.14. The number of carbonyl (C=O) groups excluding carboxylic acids is 1. The van der Waals surface area contributed by atoms with Crippen LogP contribution in [0.4, 0.5) is 13.2 Å². The molecule has 26 heavy (non-hydrogen) atoms. The molecular formula is C18H14F3NO4. The molecule has 0 unspecified atom stereocenters. The normalized spacial score (nSPS) is 11.7. The Bertz CT molecular complexity index is 1050. The van der Waals surface area contributed by atoms with E-state index >= 15 is 0 Å². The molecule has 1 aromatic carbocycles. The third-order valence-corrected chi connectivity index (χ3v) is 4.01. The van der Waals surface area contributed by atoms with Gasteiger partial charge in [-0.3, -0.25) is 4.79 Å². The first-order valence-corrected chi connectivity index (χ1v) is 7.59. The Hall–Kier alpha value is -3.03. The van der Waals surface area contributed by atoms with Crippen LogP contribution in [0.2, 0.25) is 0 Å². The second kappa shape index (κ2) is 6.36. The number of carbonyl (C=O) groups is 1. The Morgan fingerprint density at radius 3 is 2.58 bits per heavy atom. The molecule has 0 saturated heterocycles. The predicted octanol–water partition coefficient (Wildman–Crippen LogP) is 3.76. The van der Waals surface area contributed by atoms with Gasteiger partial charge in [0.25, 0.3) is 0 Å². The molecule has 0 amide bonds. The van der Waals surface area contributed by atoms with Crippen LogP contribution in [0, 0.1) is 6.92 Å². The van der Waals surface area contributed by atoms with E-state index in [0.717, 1.165) is 12.1 Å². The van der Waals surface area contributed by atoms with Gasteiger partial charge in [-0.15, -0.1) is 0 Å². The number of pyridine rings is 1. The molecular weight excluding hydrogens is 351 g/mol. The maximum atomic E-state index is 13.0. The first-order valence-electron chi connectivity index (χ1n) is 7.59. The van der Waals surface area contributed by atoms with E-state index in [1.54, 1.807) is 6.92 Å². The smallest absolute Gasteiger partial charge is 0.416 e. The van der Waals surface area contributed by atoms with Crippen LogP contribution in [0.15, 0.2) is 45.6 Å². The molecule has 0 aliphatic rings. The maximum absolute atomic E-state index is 13.0. The first-order chi connectivity index (χ1) is 12.2. The van der Waals surface area contributed by atoms with Crippen LogP contribution in [-0.2, 0) is 17.5 Å². The SMILES string of the molecule is COC(=O)c1ccc(Cn2c(C)cc(=O)c3ccc(C(F)(F)F)cc32)o1. The number of esters is 1. The molecule has 5 nitrogen and oxygen atoms in total. The first kappa shape index (κ1) is 17.8. The van der Waals surface area contributed by atoms with Gasteiger partial charge in [-0.05, 0) is 37.3 Å². The summed E-state index contributed by atoms with van der Waals surface area (Å²) >= 11 is 0. The molecule has 0 N–H and O–H groups in total.